The highest BCUT2D eigenvalue weighted by atomic mass is 19.4. The first kappa shape index (κ1) is 23.6. The van der Waals surface area contributed by atoms with E-state index in [0.717, 1.165) is 0 Å². The molecular formula is C20H23F4N7O3. The summed E-state index contributed by atoms with van der Waals surface area (Å²) in [7, 11) is 0. The van der Waals surface area contributed by atoms with E-state index in [2.05, 4.69) is 30.9 Å². The first-order valence-electron chi connectivity index (χ1n) is 10.5. The Labute approximate surface area is 191 Å². The van der Waals surface area contributed by atoms with Crippen LogP contribution in [0.25, 0.3) is 5.52 Å². The third-order valence-corrected chi connectivity index (χ3v) is 5.13. The van der Waals surface area contributed by atoms with Crippen LogP contribution in [0.2, 0.25) is 0 Å². The second kappa shape index (κ2) is 9.35. The lowest BCUT2D eigenvalue weighted by Crippen LogP contribution is -2.35. The Hall–Kier alpha value is -3.58. The lowest BCUT2D eigenvalue weighted by atomic mass is 10.0. The maximum Gasteiger partial charge on any atom is 0.422 e. The van der Waals surface area contributed by atoms with Crippen molar-refractivity contribution in [3.63, 3.8) is 0 Å². The van der Waals surface area contributed by atoms with Crippen LogP contribution in [-0.2, 0) is 4.74 Å². The second-order valence-electron chi connectivity index (χ2n) is 8.25. The molecule has 3 aromatic rings. The van der Waals surface area contributed by atoms with Gasteiger partial charge in [-0.15, -0.1) is 5.10 Å². The number of aromatic amines is 1. The van der Waals surface area contributed by atoms with Crippen molar-refractivity contribution in [3.05, 3.63) is 30.2 Å². The second-order valence-corrected chi connectivity index (χ2v) is 8.25. The predicted molar refractivity (Wildman–Crippen MR) is 112 cm³/mol. The molecule has 14 heteroatoms. The fourth-order valence-electron chi connectivity index (χ4n) is 3.68. The predicted octanol–water partition coefficient (Wildman–Crippen LogP) is 3.86. The van der Waals surface area contributed by atoms with Gasteiger partial charge in [-0.25, -0.2) is 18.7 Å². The van der Waals surface area contributed by atoms with Crippen LogP contribution < -0.4 is 15.4 Å². The number of carbonyl (C=O) groups excluding carboxylic acids is 1. The minimum Gasteiger partial charge on any atom is -0.467 e. The molecule has 1 aliphatic rings. The average molecular weight is 485 g/mol. The number of alkyl halides is 4. The van der Waals surface area contributed by atoms with Crippen LogP contribution in [0, 0.1) is 0 Å². The minimum absolute atomic E-state index is 0.120. The largest absolute Gasteiger partial charge is 0.467 e. The highest BCUT2D eigenvalue weighted by Gasteiger charge is 2.39. The molecule has 3 N–H and O–H groups in total. The van der Waals surface area contributed by atoms with Crippen molar-refractivity contribution >= 4 is 23.2 Å². The topological polar surface area (TPSA) is 118 Å². The summed E-state index contributed by atoms with van der Waals surface area (Å²) < 4.78 is 62.9. The zero-order chi connectivity index (χ0) is 24.5. The molecule has 3 heterocycles. The molecule has 0 spiro atoms. The fraction of sp³-hybridized carbons (Fsp3) is 0.500. The standard InChI is InChI=1S/C20H23F4N7O3/c1-10(2)26-19(32)34-15-6-11(5-12(15)21)13-7-16(29-28-13)27-18-14-8-17(33-9-20(22,23)24)30-31(14)4-3-25-18/h3-4,7-8,10-12,15H,5-6,9H2,1-2H3,(H,26,32)(H2,25,27,28,29)/t11-,12+,15-/m0/s1. The van der Waals surface area contributed by atoms with Crippen molar-refractivity contribution in [3.8, 4) is 5.88 Å². The van der Waals surface area contributed by atoms with Gasteiger partial charge in [0.05, 0.1) is 0 Å². The number of halogens is 4. The van der Waals surface area contributed by atoms with Gasteiger partial charge in [0.1, 0.15) is 17.8 Å². The number of anilines is 2. The van der Waals surface area contributed by atoms with Crippen molar-refractivity contribution in [1.82, 2.24) is 30.1 Å². The zero-order valence-electron chi connectivity index (χ0n) is 18.3. The molecule has 1 saturated carbocycles. The van der Waals surface area contributed by atoms with Crippen LogP contribution in [0.15, 0.2) is 24.5 Å². The molecule has 0 radical (unpaired) electrons. The summed E-state index contributed by atoms with van der Waals surface area (Å²) in [6, 6.07) is 2.88. The van der Waals surface area contributed by atoms with Gasteiger partial charge < -0.3 is 20.1 Å². The lowest BCUT2D eigenvalue weighted by molar-refractivity contribution is -0.154. The van der Waals surface area contributed by atoms with Gasteiger partial charge in [-0.1, -0.05) is 0 Å². The number of H-pyrrole nitrogens is 1. The Morgan fingerprint density at radius 2 is 2.12 bits per heavy atom. The van der Waals surface area contributed by atoms with Gasteiger partial charge in [-0.2, -0.15) is 18.3 Å². The Morgan fingerprint density at radius 1 is 1.32 bits per heavy atom. The number of amides is 1. The maximum atomic E-state index is 14.4. The summed E-state index contributed by atoms with van der Waals surface area (Å²) in [6.45, 7) is 2.09. The number of ether oxygens (including phenoxy) is 2. The molecular weight excluding hydrogens is 462 g/mol. The van der Waals surface area contributed by atoms with Crippen molar-refractivity contribution in [1.29, 1.82) is 0 Å². The molecule has 3 aromatic heterocycles. The molecule has 1 aliphatic carbocycles. The highest BCUT2D eigenvalue weighted by Crippen LogP contribution is 2.38. The summed E-state index contributed by atoms with van der Waals surface area (Å²) in [5.41, 5.74) is 1.02. The number of hydrogen-bond donors (Lipinski definition) is 3. The Morgan fingerprint density at radius 3 is 2.85 bits per heavy atom. The van der Waals surface area contributed by atoms with Gasteiger partial charge in [-0.05, 0) is 26.7 Å². The summed E-state index contributed by atoms with van der Waals surface area (Å²) in [4.78, 5) is 16.0. The van der Waals surface area contributed by atoms with Crippen LogP contribution in [0.1, 0.15) is 38.3 Å². The third kappa shape index (κ3) is 5.66. The van der Waals surface area contributed by atoms with Gasteiger partial charge >= 0.3 is 12.3 Å². The monoisotopic (exact) mass is 485 g/mol. The number of nitrogens with zero attached hydrogens (tertiary/aromatic N) is 4. The Kier molecular flexibility index (Phi) is 6.48. The smallest absolute Gasteiger partial charge is 0.422 e. The van der Waals surface area contributed by atoms with Crippen molar-refractivity contribution in [2.75, 3.05) is 11.9 Å². The SMILES string of the molecule is CC(C)NC(=O)O[C@H]1C[C@@H](c2cc(Nc3nccn4nc(OCC(F)(F)F)cc34)n[nH]2)C[C@H]1F. The van der Waals surface area contributed by atoms with Crippen LogP contribution in [-0.4, -0.2) is 62.0 Å². The van der Waals surface area contributed by atoms with Crippen molar-refractivity contribution in [2.45, 2.75) is 57.1 Å². The molecule has 0 bridgehead atoms. The Balaban J connectivity index is 1.42. The highest BCUT2D eigenvalue weighted by molar-refractivity contribution is 5.72. The average Bonchev–Trinajstić information content (AvgIpc) is 3.44. The third-order valence-electron chi connectivity index (χ3n) is 5.13. The fourth-order valence-corrected chi connectivity index (χ4v) is 3.68. The van der Waals surface area contributed by atoms with Crippen LogP contribution in [0.5, 0.6) is 5.88 Å². The first-order chi connectivity index (χ1) is 16.1. The van der Waals surface area contributed by atoms with Crippen LogP contribution >= 0.6 is 0 Å². The molecule has 1 amide bonds. The Bertz CT molecular complexity index is 1150. The minimum atomic E-state index is -4.48. The molecule has 0 aliphatic heterocycles. The molecule has 184 valence electrons. The number of nitrogens with one attached hydrogen (secondary N) is 3. The summed E-state index contributed by atoms with van der Waals surface area (Å²) in [5, 5.41) is 16.5. The molecule has 34 heavy (non-hydrogen) atoms. The molecule has 4 rings (SSSR count). The zero-order valence-corrected chi connectivity index (χ0v) is 18.3. The summed E-state index contributed by atoms with van der Waals surface area (Å²) >= 11 is 0. The number of aromatic nitrogens is 5. The molecule has 0 saturated heterocycles. The maximum absolute atomic E-state index is 14.4. The van der Waals surface area contributed by atoms with E-state index >= 15 is 0 Å². The number of carbonyl (C=O) groups is 1. The van der Waals surface area contributed by atoms with E-state index < -0.39 is 31.2 Å². The molecule has 3 atom stereocenters. The van der Waals surface area contributed by atoms with Crippen molar-refractivity contribution in [2.24, 2.45) is 0 Å². The lowest BCUT2D eigenvalue weighted by Gasteiger charge is -2.16. The van der Waals surface area contributed by atoms with E-state index in [0.29, 0.717) is 23.4 Å². The van der Waals surface area contributed by atoms with E-state index in [-0.39, 0.29) is 30.1 Å². The summed E-state index contributed by atoms with van der Waals surface area (Å²) in [6.07, 6.45) is -3.97. The molecule has 0 unspecified atom stereocenters. The number of rotatable bonds is 7. The normalized spacial score (nSPS) is 20.6. The number of alkyl carbamates (subject to hydrolysis) is 1. The molecule has 1 fully saturated rings. The van der Waals surface area contributed by atoms with Gasteiger partial charge in [-0.3, -0.25) is 5.10 Å². The van der Waals surface area contributed by atoms with E-state index in [9.17, 15) is 22.4 Å². The van der Waals surface area contributed by atoms with Crippen LogP contribution in [0.4, 0.5) is 34.0 Å². The van der Waals surface area contributed by atoms with Gasteiger partial charge in [0.2, 0.25) is 5.88 Å². The quantitative estimate of drug-likeness (QED) is 0.435. The van der Waals surface area contributed by atoms with Crippen LogP contribution in [0.3, 0.4) is 0 Å². The van der Waals surface area contributed by atoms with E-state index in [4.69, 9.17) is 9.47 Å². The first-order valence-corrected chi connectivity index (χ1v) is 10.5. The number of hydrogen-bond acceptors (Lipinski definition) is 7. The van der Waals surface area contributed by atoms with E-state index in [1.165, 1.54) is 23.0 Å². The van der Waals surface area contributed by atoms with Crippen molar-refractivity contribution < 1.29 is 31.8 Å². The van der Waals surface area contributed by atoms with Gasteiger partial charge in [0.25, 0.3) is 0 Å². The molecule has 10 nitrogen and oxygen atoms in total. The molecule has 0 aromatic carbocycles. The van der Waals surface area contributed by atoms with Gasteiger partial charge in [0.15, 0.2) is 18.2 Å². The van der Waals surface area contributed by atoms with E-state index in [1.54, 1.807) is 19.9 Å². The van der Waals surface area contributed by atoms with Gasteiger partial charge in [0, 0.05) is 42.2 Å². The van der Waals surface area contributed by atoms with E-state index in [1.807, 2.05) is 0 Å². The number of fused-ring (bicyclic) bond motifs is 1. The summed E-state index contributed by atoms with van der Waals surface area (Å²) in [5.74, 6) is 0.211.